The van der Waals surface area contributed by atoms with Crippen molar-refractivity contribution in [1.29, 1.82) is 0 Å². The molecule has 0 radical (unpaired) electrons. The minimum Gasteiger partial charge on any atom is -0.383 e. The van der Waals surface area contributed by atoms with Crippen molar-refractivity contribution in [3.8, 4) is 0 Å². The second kappa shape index (κ2) is 19.0. The molecule has 4 amide bonds. The molecule has 0 aliphatic rings. The maximum Gasteiger partial charge on any atom is 0.346 e. The Bertz CT molecular complexity index is 1100. The molecule has 0 aliphatic carbocycles. The molecular formula is C32H48N4O5P+. The van der Waals surface area contributed by atoms with Gasteiger partial charge in [0.15, 0.2) is 0 Å². The number of hydrogen-bond acceptors (Lipinski definition) is 5. The van der Waals surface area contributed by atoms with Crippen LogP contribution in [0.3, 0.4) is 0 Å². The fraction of sp³-hybridized carbons (Fsp3) is 0.531. The number of hydrogen-bond donors (Lipinski definition) is 3. The van der Waals surface area contributed by atoms with Crippen LogP contribution in [0.4, 0.5) is 10.5 Å². The Morgan fingerprint density at radius 2 is 1.62 bits per heavy atom. The van der Waals surface area contributed by atoms with Gasteiger partial charge in [0.05, 0.1) is 12.6 Å². The van der Waals surface area contributed by atoms with Gasteiger partial charge in [-0.25, -0.2) is 4.79 Å². The van der Waals surface area contributed by atoms with Gasteiger partial charge in [-0.2, -0.15) is 0 Å². The molecule has 42 heavy (non-hydrogen) atoms. The number of rotatable bonds is 19. The van der Waals surface area contributed by atoms with Crippen molar-refractivity contribution < 1.29 is 23.7 Å². The summed E-state index contributed by atoms with van der Waals surface area (Å²) in [6, 6.07) is 18.8. The smallest absolute Gasteiger partial charge is 0.346 e. The van der Waals surface area contributed by atoms with E-state index in [1.165, 1.54) is 0 Å². The molecule has 2 rings (SSSR count). The summed E-state index contributed by atoms with van der Waals surface area (Å²) < 4.78 is 17.1. The van der Waals surface area contributed by atoms with E-state index in [9.17, 15) is 18.9 Å². The molecule has 0 saturated carbocycles. The molecule has 0 spiro atoms. The van der Waals surface area contributed by atoms with Gasteiger partial charge in [0.2, 0.25) is 12.2 Å². The molecule has 0 aromatic heterocycles. The van der Waals surface area contributed by atoms with Gasteiger partial charge in [-0.05, 0) is 69.1 Å². The first-order valence-electron chi connectivity index (χ1n) is 14.8. The van der Waals surface area contributed by atoms with Gasteiger partial charge in [0.25, 0.3) is 5.91 Å². The van der Waals surface area contributed by atoms with Gasteiger partial charge in [0, 0.05) is 25.8 Å². The molecular weight excluding hydrogens is 551 g/mol. The number of ether oxygens (including phenoxy) is 1. The summed E-state index contributed by atoms with van der Waals surface area (Å²) >= 11 is 0. The molecule has 9 nitrogen and oxygen atoms in total. The molecule has 0 fully saturated rings. The quantitative estimate of drug-likeness (QED) is 0.141. The first-order valence-corrected chi connectivity index (χ1v) is 15.9. The SMILES string of the molecule is COC[C@@H](C)NC(=O)NCCCC[C@](CC(C)C)(C(=O)Nc1ccccc1)N(C[PH+]=O)C(=O)CCCc1ccccc1. The molecule has 2 aromatic rings. The van der Waals surface area contributed by atoms with Crippen LogP contribution in [0, 0.1) is 5.92 Å². The third kappa shape index (κ3) is 11.9. The molecule has 0 saturated heterocycles. The normalized spacial score (nSPS) is 13.3. The number of urea groups is 1. The average molecular weight is 600 g/mol. The van der Waals surface area contributed by atoms with Gasteiger partial charge in [0.1, 0.15) is 5.54 Å². The van der Waals surface area contributed by atoms with E-state index in [2.05, 4.69) is 16.0 Å². The van der Waals surface area contributed by atoms with E-state index < -0.39 is 14.0 Å². The Kier molecular flexibility index (Phi) is 15.8. The maximum absolute atomic E-state index is 14.1. The van der Waals surface area contributed by atoms with E-state index >= 15 is 0 Å². The third-order valence-electron chi connectivity index (χ3n) is 7.04. The molecule has 0 heterocycles. The summed E-state index contributed by atoms with van der Waals surface area (Å²) in [6.07, 6.45) is 3.59. The number of amides is 4. The summed E-state index contributed by atoms with van der Waals surface area (Å²) in [6.45, 7) is 6.73. The van der Waals surface area contributed by atoms with E-state index in [-0.39, 0.29) is 42.5 Å². The molecule has 10 heteroatoms. The van der Waals surface area contributed by atoms with Crippen LogP contribution in [0.1, 0.15) is 64.9 Å². The van der Waals surface area contributed by atoms with Gasteiger partial charge in [-0.1, -0.05) is 66.9 Å². The number of carbonyl (C=O) groups excluding carboxylic acids is 3. The van der Waals surface area contributed by atoms with E-state index in [1.807, 2.05) is 81.4 Å². The van der Waals surface area contributed by atoms with Crippen molar-refractivity contribution in [2.75, 3.05) is 31.9 Å². The number of nitrogens with zero attached hydrogens (tertiary/aromatic N) is 1. The predicted octanol–water partition coefficient (Wildman–Crippen LogP) is 5.75. The number of carbonyl (C=O) groups is 3. The van der Waals surface area contributed by atoms with Crippen molar-refractivity contribution in [2.45, 2.75) is 77.3 Å². The number of unbranched alkanes of at least 4 members (excludes halogenated alkanes) is 1. The third-order valence-corrected chi connectivity index (χ3v) is 7.48. The zero-order valence-electron chi connectivity index (χ0n) is 25.5. The number of methoxy groups -OCH3 is 1. The second-order valence-corrected chi connectivity index (χ2v) is 11.7. The van der Waals surface area contributed by atoms with E-state index in [0.717, 1.165) is 12.0 Å². The first kappa shape index (κ1) is 34.9. The van der Waals surface area contributed by atoms with Crippen LogP contribution in [0.25, 0.3) is 0 Å². The average Bonchev–Trinajstić information content (AvgIpc) is 2.96. The number of anilines is 1. The second-order valence-electron chi connectivity index (χ2n) is 11.1. The van der Waals surface area contributed by atoms with Crippen molar-refractivity contribution in [3.63, 3.8) is 0 Å². The monoisotopic (exact) mass is 599 g/mol. The van der Waals surface area contributed by atoms with E-state index in [0.29, 0.717) is 50.9 Å². The molecule has 3 atom stereocenters. The van der Waals surface area contributed by atoms with E-state index in [4.69, 9.17) is 4.74 Å². The Balaban J connectivity index is 2.23. The lowest BCUT2D eigenvalue weighted by Crippen LogP contribution is -2.59. The Labute approximate surface area is 252 Å². The lowest BCUT2D eigenvalue weighted by Gasteiger charge is -2.42. The Hall–Kier alpha value is -3.29. The number of para-hydroxylation sites is 1. The maximum atomic E-state index is 14.1. The standard InChI is InChI=1S/C32H47N4O5P/c1-25(2)22-32(30(38)35-28-17-9-6-10-18-28,20-11-12-21-33-31(39)34-26(3)23-41-4)36(24-42-40)29(37)19-13-16-27-14-7-5-8-15-27/h5-10,14-15,17-18,25-26H,11-13,16,19-24H2,1-4H3,(H,35,38)(H2,33,34,39)/p+1/t26-,32+/m1/s1. The van der Waals surface area contributed by atoms with Gasteiger partial charge in [-0.3, -0.25) is 14.5 Å². The van der Waals surface area contributed by atoms with Crippen LogP contribution in [-0.2, 0) is 25.3 Å². The lowest BCUT2D eigenvalue weighted by atomic mass is 9.81. The largest absolute Gasteiger partial charge is 0.383 e. The Morgan fingerprint density at radius 1 is 0.952 bits per heavy atom. The highest BCUT2D eigenvalue weighted by atomic mass is 31.1. The first-order chi connectivity index (χ1) is 20.2. The minimum absolute atomic E-state index is 0.0167. The van der Waals surface area contributed by atoms with Crippen molar-refractivity contribution in [2.24, 2.45) is 5.92 Å². The van der Waals surface area contributed by atoms with Crippen molar-refractivity contribution in [1.82, 2.24) is 15.5 Å². The van der Waals surface area contributed by atoms with Crippen molar-refractivity contribution >= 4 is 32.0 Å². The topological polar surface area (TPSA) is 117 Å². The van der Waals surface area contributed by atoms with Crippen LogP contribution in [0.5, 0.6) is 0 Å². The fourth-order valence-electron chi connectivity index (χ4n) is 5.20. The van der Waals surface area contributed by atoms with Crippen LogP contribution >= 0.6 is 8.46 Å². The van der Waals surface area contributed by atoms with Crippen LogP contribution < -0.4 is 16.0 Å². The van der Waals surface area contributed by atoms with Crippen LogP contribution in [0.2, 0.25) is 0 Å². The predicted molar refractivity (Wildman–Crippen MR) is 169 cm³/mol. The summed E-state index contributed by atoms with van der Waals surface area (Å²) in [5.41, 5.74) is 0.590. The molecule has 0 bridgehead atoms. The summed E-state index contributed by atoms with van der Waals surface area (Å²) in [5.74, 6) is -0.369. The number of benzene rings is 2. The number of nitrogens with one attached hydrogen (secondary N) is 3. The van der Waals surface area contributed by atoms with Crippen LogP contribution in [-0.4, -0.2) is 60.9 Å². The van der Waals surface area contributed by atoms with Crippen LogP contribution in [0.15, 0.2) is 60.7 Å². The summed E-state index contributed by atoms with van der Waals surface area (Å²) in [4.78, 5) is 41.7. The Morgan fingerprint density at radius 3 is 2.24 bits per heavy atom. The molecule has 0 aliphatic heterocycles. The minimum atomic E-state index is -1.19. The highest BCUT2D eigenvalue weighted by Gasteiger charge is 2.47. The highest BCUT2D eigenvalue weighted by molar-refractivity contribution is 7.23. The number of aryl methyl sites for hydroxylation is 1. The lowest BCUT2D eigenvalue weighted by molar-refractivity contribution is -0.146. The molecule has 3 N–H and O–H groups in total. The van der Waals surface area contributed by atoms with Gasteiger partial charge >= 0.3 is 14.5 Å². The highest BCUT2D eigenvalue weighted by Crippen LogP contribution is 2.34. The zero-order chi connectivity index (χ0) is 30.8. The van der Waals surface area contributed by atoms with Gasteiger partial charge in [-0.15, -0.1) is 0 Å². The molecule has 2 aromatic carbocycles. The van der Waals surface area contributed by atoms with Crippen molar-refractivity contribution in [3.05, 3.63) is 66.2 Å². The zero-order valence-corrected chi connectivity index (χ0v) is 26.5. The fourth-order valence-corrected chi connectivity index (χ4v) is 5.81. The molecule has 230 valence electrons. The summed E-state index contributed by atoms with van der Waals surface area (Å²) in [7, 11) is 0.820. The van der Waals surface area contributed by atoms with E-state index in [1.54, 1.807) is 12.0 Å². The molecule has 1 unspecified atom stereocenters. The summed E-state index contributed by atoms with van der Waals surface area (Å²) in [5, 5.41) is 8.70. The van der Waals surface area contributed by atoms with Gasteiger partial charge < -0.3 is 20.7 Å².